The fourth-order valence-electron chi connectivity index (χ4n) is 3.85. The summed E-state index contributed by atoms with van der Waals surface area (Å²) >= 11 is 0. The molecule has 0 spiro atoms. The molecule has 0 aromatic carbocycles. The van der Waals surface area contributed by atoms with Crippen LogP contribution in [0.4, 0.5) is 0 Å². The molecule has 2 nitrogen and oxygen atoms in total. The van der Waals surface area contributed by atoms with Crippen LogP contribution in [0.3, 0.4) is 0 Å². The molecule has 0 bridgehead atoms. The average Bonchev–Trinajstić information content (AvgIpc) is 3.24. The topological polar surface area (TPSA) is 15.3 Å². The van der Waals surface area contributed by atoms with Gasteiger partial charge >= 0.3 is 0 Å². The summed E-state index contributed by atoms with van der Waals surface area (Å²) in [6.07, 6.45) is 13.2. The third-order valence-electron chi connectivity index (χ3n) is 5.28. The highest BCUT2D eigenvalue weighted by Crippen LogP contribution is 2.33. The lowest BCUT2D eigenvalue weighted by molar-refractivity contribution is 0.203. The second-order valence-electron chi connectivity index (χ2n) is 6.84. The minimum absolute atomic E-state index is 0.798. The van der Waals surface area contributed by atoms with E-state index < -0.39 is 0 Å². The lowest BCUT2D eigenvalue weighted by Crippen LogP contribution is -2.43. The molecule has 2 saturated carbocycles. The van der Waals surface area contributed by atoms with Gasteiger partial charge in [0.05, 0.1) is 0 Å². The lowest BCUT2D eigenvalue weighted by atomic mass is 9.83. The highest BCUT2D eigenvalue weighted by atomic mass is 15.2. The predicted octanol–water partition coefficient (Wildman–Crippen LogP) is 3.03. The van der Waals surface area contributed by atoms with Crippen molar-refractivity contribution in [3.05, 3.63) is 0 Å². The van der Waals surface area contributed by atoms with Gasteiger partial charge in [-0.2, -0.15) is 0 Å². The van der Waals surface area contributed by atoms with Gasteiger partial charge in [0.25, 0.3) is 0 Å². The molecule has 0 amide bonds. The van der Waals surface area contributed by atoms with Gasteiger partial charge in [0.1, 0.15) is 0 Å². The Labute approximate surface area is 113 Å². The zero-order valence-corrected chi connectivity index (χ0v) is 11.9. The molecule has 1 saturated heterocycles. The molecular formula is C16H30N2. The molecule has 0 aromatic rings. The first-order valence-electron chi connectivity index (χ1n) is 8.37. The zero-order valence-electron chi connectivity index (χ0n) is 11.9. The van der Waals surface area contributed by atoms with Crippen LogP contribution in [-0.2, 0) is 0 Å². The molecule has 2 aliphatic carbocycles. The third kappa shape index (κ3) is 3.71. The molecule has 104 valence electrons. The van der Waals surface area contributed by atoms with Gasteiger partial charge < -0.3 is 10.2 Å². The van der Waals surface area contributed by atoms with Crippen LogP contribution in [0, 0.1) is 11.8 Å². The number of hydrogen-bond donors (Lipinski definition) is 1. The Hall–Kier alpha value is -0.0800. The van der Waals surface area contributed by atoms with Crippen molar-refractivity contribution in [2.75, 3.05) is 26.2 Å². The molecule has 1 unspecified atom stereocenters. The van der Waals surface area contributed by atoms with Gasteiger partial charge in [-0.25, -0.2) is 0 Å². The van der Waals surface area contributed by atoms with Gasteiger partial charge in [-0.05, 0) is 57.2 Å². The maximum absolute atomic E-state index is 3.84. The van der Waals surface area contributed by atoms with Gasteiger partial charge in [0.15, 0.2) is 0 Å². The second kappa shape index (κ2) is 6.38. The normalized spacial score (nSPS) is 32.3. The molecule has 3 aliphatic rings. The van der Waals surface area contributed by atoms with E-state index in [1.54, 1.807) is 0 Å². The SMILES string of the molecule is C1CCC(C2CN(CCC3CC3)CCCN2)CC1. The first-order chi connectivity index (χ1) is 8.92. The Kier molecular flexibility index (Phi) is 4.58. The number of hydrogen-bond acceptors (Lipinski definition) is 2. The monoisotopic (exact) mass is 250 g/mol. The van der Waals surface area contributed by atoms with Crippen LogP contribution >= 0.6 is 0 Å². The fraction of sp³-hybridized carbons (Fsp3) is 1.00. The first kappa shape index (κ1) is 12.9. The van der Waals surface area contributed by atoms with Crippen molar-refractivity contribution in [3.63, 3.8) is 0 Å². The van der Waals surface area contributed by atoms with Gasteiger partial charge in [0.2, 0.25) is 0 Å². The van der Waals surface area contributed by atoms with E-state index in [1.165, 1.54) is 84.0 Å². The first-order valence-corrected chi connectivity index (χ1v) is 8.37. The minimum Gasteiger partial charge on any atom is -0.312 e. The number of nitrogens with one attached hydrogen (secondary N) is 1. The van der Waals surface area contributed by atoms with E-state index in [0.717, 1.165) is 17.9 Å². The van der Waals surface area contributed by atoms with E-state index >= 15 is 0 Å². The Bertz CT molecular complexity index is 243. The predicted molar refractivity (Wildman–Crippen MR) is 76.8 cm³/mol. The van der Waals surface area contributed by atoms with Gasteiger partial charge in [-0.3, -0.25) is 0 Å². The summed E-state index contributed by atoms with van der Waals surface area (Å²) in [6, 6.07) is 0.798. The molecule has 0 aromatic heterocycles. The summed E-state index contributed by atoms with van der Waals surface area (Å²) in [4.78, 5) is 2.76. The van der Waals surface area contributed by atoms with Gasteiger partial charge in [-0.1, -0.05) is 32.1 Å². The quantitative estimate of drug-likeness (QED) is 0.825. The summed E-state index contributed by atoms with van der Waals surface area (Å²) in [6.45, 7) is 5.29. The largest absolute Gasteiger partial charge is 0.312 e. The second-order valence-corrected chi connectivity index (χ2v) is 6.84. The minimum atomic E-state index is 0.798. The molecule has 1 atom stereocenters. The van der Waals surface area contributed by atoms with E-state index in [2.05, 4.69) is 10.2 Å². The van der Waals surface area contributed by atoms with Crippen molar-refractivity contribution in [2.45, 2.75) is 63.8 Å². The van der Waals surface area contributed by atoms with Crippen LogP contribution in [0.5, 0.6) is 0 Å². The average molecular weight is 250 g/mol. The van der Waals surface area contributed by atoms with Crippen molar-refractivity contribution in [1.82, 2.24) is 10.2 Å². The van der Waals surface area contributed by atoms with E-state index in [0.29, 0.717) is 0 Å². The summed E-state index contributed by atoms with van der Waals surface area (Å²) < 4.78 is 0. The van der Waals surface area contributed by atoms with Crippen LogP contribution in [0.1, 0.15) is 57.8 Å². The van der Waals surface area contributed by atoms with E-state index in [-0.39, 0.29) is 0 Å². The van der Waals surface area contributed by atoms with E-state index in [1.807, 2.05) is 0 Å². The molecule has 3 fully saturated rings. The molecule has 2 heteroatoms. The fourth-order valence-corrected chi connectivity index (χ4v) is 3.85. The highest BCUT2D eigenvalue weighted by Gasteiger charge is 2.28. The zero-order chi connectivity index (χ0) is 12.2. The molecule has 1 N–H and O–H groups in total. The van der Waals surface area contributed by atoms with Crippen LogP contribution in [0.15, 0.2) is 0 Å². The molecule has 1 aliphatic heterocycles. The van der Waals surface area contributed by atoms with Crippen molar-refractivity contribution in [2.24, 2.45) is 11.8 Å². The maximum atomic E-state index is 3.84. The Morgan fingerprint density at radius 3 is 2.56 bits per heavy atom. The van der Waals surface area contributed by atoms with E-state index in [9.17, 15) is 0 Å². The van der Waals surface area contributed by atoms with E-state index in [4.69, 9.17) is 0 Å². The summed E-state index contributed by atoms with van der Waals surface area (Å²) in [5, 5.41) is 3.84. The molecule has 1 heterocycles. The summed E-state index contributed by atoms with van der Waals surface area (Å²) in [5.41, 5.74) is 0. The number of rotatable bonds is 4. The molecule has 18 heavy (non-hydrogen) atoms. The number of nitrogens with zero attached hydrogens (tertiary/aromatic N) is 1. The molecular weight excluding hydrogens is 220 g/mol. The van der Waals surface area contributed by atoms with Crippen LogP contribution in [-0.4, -0.2) is 37.1 Å². The highest BCUT2D eigenvalue weighted by molar-refractivity contribution is 4.85. The van der Waals surface area contributed by atoms with Crippen LogP contribution in [0.2, 0.25) is 0 Å². The summed E-state index contributed by atoms with van der Waals surface area (Å²) in [7, 11) is 0. The van der Waals surface area contributed by atoms with Gasteiger partial charge in [-0.15, -0.1) is 0 Å². The van der Waals surface area contributed by atoms with Crippen molar-refractivity contribution in [3.8, 4) is 0 Å². The standard InChI is InChI=1S/C16H30N2/c1-2-5-15(6-3-1)16-13-18(11-4-10-17-16)12-9-14-7-8-14/h14-17H,1-13H2. The lowest BCUT2D eigenvalue weighted by Gasteiger charge is -2.33. The Balaban J connectivity index is 1.48. The molecule has 3 rings (SSSR count). The maximum Gasteiger partial charge on any atom is 0.0223 e. The Morgan fingerprint density at radius 1 is 0.944 bits per heavy atom. The van der Waals surface area contributed by atoms with Crippen LogP contribution < -0.4 is 5.32 Å². The summed E-state index contributed by atoms with van der Waals surface area (Å²) in [5.74, 6) is 2.06. The smallest absolute Gasteiger partial charge is 0.0223 e. The van der Waals surface area contributed by atoms with Crippen molar-refractivity contribution in [1.29, 1.82) is 0 Å². The van der Waals surface area contributed by atoms with Crippen LogP contribution in [0.25, 0.3) is 0 Å². The molecule has 0 radical (unpaired) electrons. The van der Waals surface area contributed by atoms with Crippen molar-refractivity contribution >= 4 is 0 Å². The Morgan fingerprint density at radius 2 is 1.78 bits per heavy atom. The van der Waals surface area contributed by atoms with Gasteiger partial charge in [0, 0.05) is 12.6 Å². The van der Waals surface area contributed by atoms with Crippen molar-refractivity contribution < 1.29 is 0 Å². The third-order valence-corrected chi connectivity index (χ3v) is 5.28.